The molecule has 2 N–H and O–H groups in total. The van der Waals surface area contributed by atoms with Crippen LogP contribution in [0.1, 0.15) is 46.9 Å². The summed E-state index contributed by atoms with van der Waals surface area (Å²) in [5.74, 6) is -0.186. The molecule has 2 aromatic carbocycles. The average molecular weight is 344 g/mol. The first-order valence-electron chi connectivity index (χ1n) is 7.92. The van der Waals surface area contributed by atoms with E-state index in [0.717, 1.165) is 18.4 Å². The quantitative estimate of drug-likeness (QED) is 0.884. The molecule has 1 unspecified atom stereocenters. The minimum Gasteiger partial charge on any atom is -0.388 e. The molecule has 5 heteroatoms. The molecule has 24 heavy (non-hydrogen) atoms. The molecule has 1 aliphatic rings. The molecule has 0 heterocycles. The lowest BCUT2D eigenvalue weighted by molar-refractivity contribution is -0.118. The first-order valence-corrected chi connectivity index (χ1v) is 8.30. The van der Waals surface area contributed by atoms with Crippen LogP contribution in [0.3, 0.4) is 0 Å². The van der Waals surface area contributed by atoms with Gasteiger partial charge in [0.2, 0.25) is 5.91 Å². The first kappa shape index (κ1) is 16.7. The number of hydrogen-bond donors (Lipinski definition) is 2. The van der Waals surface area contributed by atoms with Gasteiger partial charge in [0.05, 0.1) is 12.5 Å². The number of halogens is 1. The zero-order valence-corrected chi connectivity index (χ0v) is 13.8. The van der Waals surface area contributed by atoms with Crippen LogP contribution < -0.4 is 5.32 Å². The third kappa shape index (κ3) is 3.83. The molecule has 124 valence electrons. The second kappa shape index (κ2) is 7.16. The molecular formula is C19H18ClNO3. The highest BCUT2D eigenvalue weighted by atomic mass is 35.5. The molecule has 2 aromatic rings. The fourth-order valence-electron chi connectivity index (χ4n) is 2.90. The number of Topliss-reactive ketones (excluding diaryl/α,β-unsaturated/α-hetero) is 1. The van der Waals surface area contributed by atoms with Gasteiger partial charge in [-0.15, -0.1) is 0 Å². The van der Waals surface area contributed by atoms with E-state index in [-0.39, 0.29) is 18.1 Å². The van der Waals surface area contributed by atoms with E-state index in [1.807, 2.05) is 6.07 Å². The van der Waals surface area contributed by atoms with Crippen LogP contribution in [-0.2, 0) is 11.2 Å². The summed E-state index contributed by atoms with van der Waals surface area (Å²) in [7, 11) is 0. The van der Waals surface area contributed by atoms with Crippen LogP contribution in [0.15, 0.2) is 42.5 Å². The molecule has 0 radical (unpaired) electrons. The maximum absolute atomic E-state index is 12.1. The number of carbonyl (C=O) groups excluding carboxylic acids is 2. The summed E-state index contributed by atoms with van der Waals surface area (Å²) in [6.07, 6.45) is 1.36. The van der Waals surface area contributed by atoms with Gasteiger partial charge in [-0.1, -0.05) is 29.8 Å². The Bertz CT molecular complexity index is 771. The normalized spacial score (nSPS) is 14.8. The summed E-state index contributed by atoms with van der Waals surface area (Å²) in [5, 5.41) is 13.5. The second-order valence-electron chi connectivity index (χ2n) is 5.97. The number of nitrogens with one attached hydrogen (secondary N) is 1. The van der Waals surface area contributed by atoms with Crippen molar-refractivity contribution in [1.29, 1.82) is 0 Å². The van der Waals surface area contributed by atoms with E-state index in [4.69, 9.17) is 11.6 Å². The largest absolute Gasteiger partial charge is 0.388 e. The Morgan fingerprint density at radius 2 is 1.92 bits per heavy atom. The van der Waals surface area contributed by atoms with E-state index >= 15 is 0 Å². The number of fused-ring (bicyclic) bond motifs is 1. The fraction of sp³-hybridized carbons (Fsp3) is 0.263. The molecule has 0 aromatic heterocycles. The van der Waals surface area contributed by atoms with Gasteiger partial charge in [0.25, 0.3) is 0 Å². The molecule has 4 nitrogen and oxygen atoms in total. The topological polar surface area (TPSA) is 66.4 Å². The summed E-state index contributed by atoms with van der Waals surface area (Å²) < 4.78 is 0. The van der Waals surface area contributed by atoms with Crippen molar-refractivity contribution in [3.8, 4) is 0 Å². The van der Waals surface area contributed by atoms with Gasteiger partial charge in [0.15, 0.2) is 5.78 Å². The Labute approximate surface area is 145 Å². The van der Waals surface area contributed by atoms with Crippen molar-refractivity contribution >= 4 is 29.0 Å². The van der Waals surface area contributed by atoms with E-state index < -0.39 is 6.10 Å². The first-order chi connectivity index (χ1) is 11.5. The number of anilines is 1. The summed E-state index contributed by atoms with van der Waals surface area (Å²) in [6.45, 7) is 0. The number of amides is 1. The van der Waals surface area contributed by atoms with Crippen LogP contribution in [0.25, 0.3) is 0 Å². The predicted molar refractivity (Wildman–Crippen MR) is 93.4 cm³/mol. The van der Waals surface area contributed by atoms with Crippen LogP contribution in [0.5, 0.6) is 0 Å². The molecule has 0 spiro atoms. The molecule has 0 bridgehead atoms. The molecule has 1 atom stereocenters. The summed E-state index contributed by atoms with van der Waals surface area (Å²) in [5.41, 5.74) is 2.94. The Kier molecular flexibility index (Phi) is 4.97. The van der Waals surface area contributed by atoms with Crippen LogP contribution in [-0.4, -0.2) is 16.8 Å². The van der Waals surface area contributed by atoms with Crippen molar-refractivity contribution in [3.63, 3.8) is 0 Å². The lowest BCUT2D eigenvalue weighted by atomic mass is 9.90. The Morgan fingerprint density at radius 1 is 1.17 bits per heavy atom. The van der Waals surface area contributed by atoms with Gasteiger partial charge in [-0.05, 0) is 48.2 Å². The predicted octanol–water partition coefficient (Wildman–Crippen LogP) is 3.92. The van der Waals surface area contributed by atoms with Gasteiger partial charge in [-0.3, -0.25) is 9.59 Å². The second-order valence-corrected chi connectivity index (χ2v) is 6.40. The number of rotatable bonds is 4. The number of aliphatic hydroxyl groups excluding tert-OH is 1. The van der Waals surface area contributed by atoms with Crippen molar-refractivity contribution in [3.05, 3.63) is 64.2 Å². The SMILES string of the molecule is O=C(CC(O)c1ccc(Cl)cc1)Nc1ccc2c(c1)C(=O)CCC2. The minimum absolute atomic E-state index is 0.0628. The van der Waals surface area contributed by atoms with Crippen molar-refractivity contribution in [2.75, 3.05) is 5.32 Å². The summed E-state index contributed by atoms with van der Waals surface area (Å²) in [4.78, 5) is 24.1. The van der Waals surface area contributed by atoms with E-state index in [1.54, 1.807) is 36.4 Å². The summed E-state index contributed by atoms with van der Waals surface area (Å²) in [6, 6.07) is 12.1. The minimum atomic E-state index is -0.901. The number of aliphatic hydroxyl groups is 1. The van der Waals surface area contributed by atoms with Crippen LogP contribution >= 0.6 is 11.6 Å². The van der Waals surface area contributed by atoms with Crippen LogP contribution in [0.2, 0.25) is 5.02 Å². The maximum Gasteiger partial charge on any atom is 0.227 e. The lowest BCUT2D eigenvalue weighted by Crippen LogP contribution is -2.17. The van der Waals surface area contributed by atoms with E-state index in [1.165, 1.54) is 0 Å². The fourth-order valence-corrected chi connectivity index (χ4v) is 3.02. The standard InChI is InChI=1S/C19H18ClNO3/c20-14-7-4-13(5-8-14)18(23)11-19(24)21-15-9-6-12-2-1-3-17(22)16(12)10-15/h4-10,18,23H,1-3,11H2,(H,21,24). The van der Waals surface area contributed by atoms with Gasteiger partial charge in [0, 0.05) is 22.7 Å². The maximum atomic E-state index is 12.1. The molecule has 0 fully saturated rings. The lowest BCUT2D eigenvalue weighted by Gasteiger charge is -2.16. The average Bonchev–Trinajstić information content (AvgIpc) is 2.56. The van der Waals surface area contributed by atoms with Crippen molar-refractivity contribution in [2.45, 2.75) is 31.8 Å². The third-order valence-electron chi connectivity index (χ3n) is 4.18. The highest BCUT2D eigenvalue weighted by Gasteiger charge is 2.18. The van der Waals surface area contributed by atoms with E-state index in [9.17, 15) is 14.7 Å². The van der Waals surface area contributed by atoms with Gasteiger partial charge in [-0.2, -0.15) is 0 Å². The number of carbonyl (C=O) groups is 2. The highest BCUT2D eigenvalue weighted by molar-refractivity contribution is 6.30. The number of hydrogen-bond acceptors (Lipinski definition) is 3. The van der Waals surface area contributed by atoms with Crippen LogP contribution in [0, 0.1) is 0 Å². The van der Waals surface area contributed by atoms with Crippen LogP contribution in [0.4, 0.5) is 5.69 Å². The van der Waals surface area contributed by atoms with E-state index in [2.05, 4.69) is 5.32 Å². The van der Waals surface area contributed by atoms with Gasteiger partial charge in [0.1, 0.15) is 0 Å². The Hall–Kier alpha value is -2.17. The zero-order valence-electron chi connectivity index (χ0n) is 13.1. The smallest absolute Gasteiger partial charge is 0.227 e. The highest BCUT2D eigenvalue weighted by Crippen LogP contribution is 2.25. The third-order valence-corrected chi connectivity index (χ3v) is 4.43. The monoisotopic (exact) mass is 343 g/mol. The van der Waals surface area contributed by atoms with Crippen molar-refractivity contribution < 1.29 is 14.7 Å². The zero-order chi connectivity index (χ0) is 17.1. The molecule has 1 aliphatic carbocycles. The molecule has 3 rings (SSSR count). The molecular weight excluding hydrogens is 326 g/mol. The van der Waals surface area contributed by atoms with Crippen molar-refractivity contribution in [1.82, 2.24) is 0 Å². The summed E-state index contributed by atoms with van der Waals surface area (Å²) >= 11 is 5.81. The number of benzene rings is 2. The van der Waals surface area contributed by atoms with Gasteiger partial charge in [-0.25, -0.2) is 0 Å². The van der Waals surface area contributed by atoms with Gasteiger partial charge < -0.3 is 10.4 Å². The Balaban J connectivity index is 1.65. The number of aryl methyl sites for hydroxylation is 1. The Morgan fingerprint density at radius 3 is 2.67 bits per heavy atom. The molecule has 1 amide bonds. The van der Waals surface area contributed by atoms with Crippen molar-refractivity contribution in [2.24, 2.45) is 0 Å². The van der Waals surface area contributed by atoms with Gasteiger partial charge >= 0.3 is 0 Å². The molecule has 0 saturated carbocycles. The number of ketones is 1. The molecule has 0 aliphatic heterocycles. The molecule has 0 saturated heterocycles. The van der Waals surface area contributed by atoms with E-state index in [0.29, 0.717) is 28.3 Å².